The number of rotatable bonds is 4. The van der Waals surface area contributed by atoms with E-state index in [1.165, 1.54) is 11.3 Å². The number of nitrogens with one attached hydrogen (secondary N) is 1. The largest absolute Gasteiger partial charge is 0.313 e. The van der Waals surface area contributed by atoms with Crippen LogP contribution in [0.15, 0.2) is 34.8 Å². The van der Waals surface area contributed by atoms with E-state index in [0.29, 0.717) is 10.0 Å². The molecule has 0 spiro atoms. The lowest BCUT2D eigenvalue weighted by Gasteiger charge is -2.17. The van der Waals surface area contributed by atoms with Gasteiger partial charge in [-0.05, 0) is 41.2 Å². The highest BCUT2D eigenvalue weighted by Crippen LogP contribution is 2.29. The highest BCUT2D eigenvalue weighted by atomic mass is 79.9. The van der Waals surface area contributed by atoms with Gasteiger partial charge in [0, 0.05) is 22.9 Å². The molecule has 1 heterocycles. The molecule has 0 aliphatic carbocycles. The van der Waals surface area contributed by atoms with Gasteiger partial charge in [0.05, 0.1) is 8.81 Å². The van der Waals surface area contributed by atoms with Crippen molar-refractivity contribution in [2.75, 3.05) is 7.05 Å². The van der Waals surface area contributed by atoms with Gasteiger partial charge >= 0.3 is 0 Å². The molecule has 0 bridgehead atoms. The van der Waals surface area contributed by atoms with E-state index in [2.05, 4.69) is 21.2 Å². The third-order valence-corrected chi connectivity index (χ3v) is 4.61. The summed E-state index contributed by atoms with van der Waals surface area (Å²) in [6.45, 7) is 0. The number of likely N-dealkylation sites (N-methyl/N-ethyl adjacent to an activating group) is 1. The molecule has 0 aliphatic rings. The molecule has 1 unspecified atom stereocenters. The highest BCUT2D eigenvalue weighted by Gasteiger charge is 2.17. The van der Waals surface area contributed by atoms with Crippen molar-refractivity contribution in [1.29, 1.82) is 0 Å². The van der Waals surface area contributed by atoms with E-state index >= 15 is 0 Å². The molecule has 0 fully saturated rings. The minimum Gasteiger partial charge on any atom is -0.313 e. The SMILES string of the molecule is CNC(Cc1ccc(Cl)s1)c1cccc(Br)c1F. The van der Waals surface area contributed by atoms with Crippen LogP contribution in [0.5, 0.6) is 0 Å². The summed E-state index contributed by atoms with van der Waals surface area (Å²) in [5.74, 6) is -0.209. The fourth-order valence-corrected chi connectivity index (χ4v) is 3.33. The Kier molecular flexibility index (Phi) is 4.78. The topological polar surface area (TPSA) is 12.0 Å². The standard InChI is InChI=1S/C13H12BrClFNS/c1-17-11(7-8-5-6-12(15)18-8)9-3-2-4-10(14)13(9)16/h2-6,11,17H,7H2,1H3. The predicted molar refractivity (Wildman–Crippen MR) is 78.9 cm³/mol. The third kappa shape index (κ3) is 3.12. The number of halogens is 3. The van der Waals surface area contributed by atoms with Crippen LogP contribution in [0.4, 0.5) is 4.39 Å². The Labute approximate surface area is 123 Å². The number of hydrogen-bond acceptors (Lipinski definition) is 2. The Morgan fingerprint density at radius 2 is 2.17 bits per heavy atom. The number of benzene rings is 1. The Balaban J connectivity index is 2.25. The Bertz CT molecular complexity index is 544. The maximum absolute atomic E-state index is 14.0. The van der Waals surface area contributed by atoms with Crippen LogP contribution in [-0.2, 0) is 6.42 Å². The molecule has 1 N–H and O–H groups in total. The number of hydrogen-bond donors (Lipinski definition) is 1. The highest BCUT2D eigenvalue weighted by molar-refractivity contribution is 9.10. The summed E-state index contributed by atoms with van der Waals surface area (Å²) >= 11 is 10.6. The van der Waals surface area contributed by atoms with Crippen LogP contribution in [-0.4, -0.2) is 7.05 Å². The molecule has 96 valence electrons. The van der Waals surface area contributed by atoms with Gasteiger partial charge in [-0.2, -0.15) is 0 Å². The molecule has 0 aliphatic heterocycles. The summed E-state index contributed by atoms with van der Waals surface area (Å²) in [7, 11) is 1.83. The maximum atomic E-state index is 14.0. The van der Waals surface area contributed by atoms with Crippen LogP contribution < -0.4 is 5.32 Å². The van der Waals surface area contributed by atoms with Crippen LogP contribution >= 0.6 is 38.9 Å². The van der Waals surface area contributed by atoms with Gasteiger partial charge in [-0.15, -0.1) is 11.3 Å². The van der Waals surface area contributed by atoms with Gasteiger partial charge in [0.1, 0.15) is 5.82 Å². The van der Waals surface area contributed by atoms with Gasteiger partial charge < -0.3 is 5.32 Å². The fourth-order valence-electron chi connectivity index (χ4n) is 1.82. The zero-order chi connectivity index (χ0) is 13.1. The summed E-state index contributed by atoms with van der Waals surface area (Å²) in [5, 5.41) is 3.15. The molecular weight excluding hydrogens is 337 g/mol. The van der Waals surface area contributed by atoms with Crippen molar-refractivity contribution in [3.63, 3.8) is 0 Å². The van der Waals surface area contributed by atoms with Gasteiger partial charge in [0.2, 0.25) is 0 Å². The first-order valence-electron chi connectivity index (χ1n) is 5.47. The lowest BCUT2D eigenvalue weighted by Crippen LogP contribution is -2.19. The van der Waals surface area contributed by atoms with Crippen molar-refractivity contribution in [3.8, 4) is 0 Å². The van der Waals surface area contributed by atoms with Gasteiger partial charge in [-0.3, -0.25) is 0 Å². The minimum absolute atomic E-state index is 0.0581. The second-order valence-electron chi connectivity index (χ2n) is 3.89. The molecule has 1 nitrogen and oxygen atoms in total. The van der Waals surface area contributed by atoms with Gasteiger partial charge in [0.25, 0.3) is 0 Å². The molecule has 2 rings (SSSR count). The molecule has 0 amide bonds. The molecule has 1 aromatic heterocycles. The maximum Gasteiger partial charge on any atom is 0.142 e. The van der Waals surface area contributed by atoms with Crippen LogP contribution in [0.2, 0.25) is 4.34 Å². The van der Waals surface area contributed by atoms with Crippen molar-refractivity contribution in [2.24, 2.45) is 0 Å². The predicted octanol–water partition coefficient (Wildman–Crippen LogP) is 4.81. The molecule has 1 atom stereocenters. The summed E-state index contributed by atoms with van der Waals surface area (Å²) < 4.78 is 15.3. The van der Waals surface area contributed by atoms with E-state index in [-0.39, 0.29) is 11.9 Å². The Morgan fingerprint density at radius 3 is 2.78 bits per heavy atom. The summed E-state index contributed by atoms with van der Waals surface area (Å²) in [6.07, 6.45) is 0.723. The lowest BCUT2D eigenvalue weighted by atomic mass is 10.0. The molecule has 2 aromatic rings. The smallest absolute Gasteiger partial charge is 0.142 e. The molecule has 1 aromatic carbocycles. The van der Waals surface area contributed by atoms with E-state index in [9.17, 15) is 4.39 Å². The van der Waals surface area contributed by atoms with Crippen LogP contribution in [0.1, 0.15) is 16.5 Å². The number of thiophene rings is 1. The van der Waals surface area contributed by atoms with Crippen LogP contribution in [0, 0.1) is 5.82 Å². The van der Waals surface area contributed by atoms with Crippen molar-refractivity contribution >= 4 is 38.9 Å². The first kappa shape index (κ1) is 14.0. The zero-order valence-corrected chi connectivity index (χ0v) is 12.9. The van der Waals surface area contributed by atoms with Gasteiger partial charge in [0.15, 0.2) is 0 Å². The fraction of sp³-hybridized carbons (Fsp3) is 0.231. The van der Waals surface area contributed by atoms with Crippen molar-refractivity contribution in [3.05, 3.63) is 55.4 Å². The van der Waals surface area contributed by atoms with Crippen molar-refractivity contribution in [1.82, 2.24) is 5.32 Å². The second kappa shape index (κ2) is 6.15. The van der Waals surface area contributed by atoms with Gasteiger partial charge in [-0.1, -0.05) is 23.7 Å². The lowest BCUT2D eigenvalue weighted by molar-refractivity contribution is 0.533. The average molecular weight is 349 g/mol. The Morgan fingerprint density at radius 1 is 1.39 bits per heavy atom. The van der Waals surface area contributed by atoms with E-state index in [1.54, 1.807) is 12.1 Å². The minimum atomic E-state index is -0.209. The van der Waals surface area contributed by atoms with Gasteiger partial charge in [-0.25, -0.2) is 4.39 Å². The van der Waals surface area contributed by atoms with E-state index in [4.69, 9.17) is 11.6 Å². The van der Waals surface area contributed by atoms with E-state index < -0.39 is 0 Å². The Hall–Kier alpha value is -0.420. The molecule has 0 radical (unpaired) electrons. The summed E-state index contributed by atoms with van der Waals surface area (Å²) in [4.78, 5) is 1.14. The first-order chi connectivity index (χ1) is 8.61. The normalized spacial score (nSPS) is 12.7. The molecule has 5 heteroatoms. The molecule has 0 saturated heterocycles. The molecular formula is C13H12BrClFNS. The van der Waals surface area contributed by atoms with E-state index in [0.717, 1.165) is 15.6 Å². The monoisotopic (exact) mass is 347 g/mol. The van der Waals surface area contributed by atoms with Crippen molar-refractivity contribution in [2.45, 2.75) is 12.5 Å². The zero-order valence-electron chi connectivity index (χ0n) is 9.71. The van der Waals surface area contributed by atoms with Crippen molar-refractivity contribution < 1.29 is 4.39 Å². The first-order valence-corrected chi connectivity index (χ1v) is 7.46. The average Bonchev–Trinajstić information content (AvgIpc) is 2.76. The third-order valence-electron chi connectivity index (χ3n) is 2.74. The van der Waals surface area contributed by atoms with Crippen LogP contribution in [0.25, 0.3) is 0 Å². The quantitative estimate of drug-likeness (QED) is 0.836. The van der Waals surface area contributed by atoms with E-state index in [1.807, 2.05) is 25.2 Å². The van der Waals surface area contributed by atoms with Crippen LogP contribution in [0.3, 0.4) is 0 Å². The summed E-state index contributed by atoms with van der Waals surface area (Å²) in [6, 6.07) is 9.13. The molecule has 0 saturated carbocycles. The molecule has 18 heavy (non-hydrogen) atoms. The second-order valence-corrected chi connectivity index (χ2v) is 6.55. The summed E-state index contributed by atoms with van der Waals surface area (Å²) in [5.41, 5.74) is 0.663.